The van der Waals surface area contributed by atoms with Crippen LogP contribution >= 0.6 is 0 Å². The van der Waals surface area contributed by atoms with Crippen molar-refractivity contribution in [2.24, 2.45) is 5.92 Å². The van der Waals surface area contributed by atoms with Gasteiger partial charge in [-0.3, -0.25) is 9.97 Å². The zero-order valence-electron chi connectivity index (χ0n) is 11.0. The predicted octanol–water partition coefficient (Wildman–Crippen LogP) is 3.49. The summed E-state index contributed by atoms with van der Waals surface area (Å²) in [5.74, 6) is 0.525. The number of aromatic nitrogens is 2. The molecule has 0 aliphatic heterocycles. The Morgan fingerprint density at radius 1 is 1.22 bits per heavy atom. The van der Waals surface area contributed by atoms with Gasteiger partial charge in [-0.1, -0.05) is 38.8 Å². The van der Waals surface area contributed by atoms with Crippen molar-refractivity contribution in [1.82, 2.24) is 9.97 Å². The molecule has 0 bridgehead atoms. The summed E-state index contributed by atoms with van der Waals surface area (Å²) in [5.41, 5.74) is 2.55. The Bertz CT molecular complexity index is 507. The number of para-hydroxylation sites is 1. The molecule has 1 aromatic carbocycles. The predicted molar refractivity (Wildman–Crippen MR) is 73.2 cm³/mol. The highest BCUT2D eigenvalue weighted by Crippen LogP contribution is 2.27. The Hall–Kier alpha value is -1.48. The average Bonchev–Trinajstić information content (AvgIpc) is 2.38. The molecule has 2 aromatic rings. The summed E-state index contributed by atoms with van der Waals surface area (Å²) in [7, 11) is 0. The molecule has 0 saturated heterocycles. The van der Waals surface area contributed by atoms with Crippen molar-refractivity contribution in [2.45, 2.75) is 39.2 Å². The van der Waals surface area contributed by atoms with Crippen LogP contribution in [0.15, 0.2) is 30.6 Å². The lowest BCUT2D eigenvalue weighted by molar-refractivity contribution is 0.146. The van der Waals surface area contributed by atoms with Crippen molar-refractivity contribution in [3.63, 3.8) is 0 Å². The third kappa shape index (κ3) is 2.85. The molecule has 0 spiro atoms. The van der Waals surface area contributed by atoms with Crippen LogP contribution in [0.2, 0.25) is 0 Å². The normalized spacial score (nSPS) is 14.6. The fourth-order valence-electron chi connectivity index (χ4n) is 2.40. The molecule has 96 valence electrons. The summed E-state index contributed by atoms with van der Waals surface area (Å²) in [6.45, 7) is 4.36. The van der Waals surface area contributed by atoms with Gasteiger partial charge in [-0.05, 0) is 18.4 Å². The number of nitrogens with zero attached hydrogens (tertiary/aromatic N) is 2. The van der Waals surface area contributed by atoms with Crippen LogP contribution in [0.3, 0.4) is 0 Å². The molecule has 1 N–H and O–H groups in total. The van der Waals surface area contributed by atoms with Gasteiger partial charge in [-0.2, -0.15) is 0 Å². The minimum absolute atomic E-state index is 0.452. The molecule has 0 saturated carbocycles. The van der Waals surface area contributed by atoms with Gasteiger partial charge in [0.2, 0.25) is 0 Å². The molecular formula is C15H20N2O. The van der Waals surface area contributed by atoms with Gasteiger partial charge in [-0.25, -0.2) is 0 Å². The van der Waals surface area contributed by atoms with E-state index in [1.165, 1.54) is 0 Å². The molecule has 1 heterocycles. The average molecular weight is 244 g/mol. The Morgan fingerprint density at radius 2 is 2.00 bits per heavy atom. The summed E-state index contributed by atoms with van der Waals surface area (Å²) >= 11 is 0. The van der Waals surface area contributed by atoms with E-state index in [0.717, 1.165) is 35.9 Å². The molecule has 0 fully saturated rings. The number of fused-ring (bicyclic) bond motifs is 1. The van der Waals surface area contributed by atoms with Crippen molar-refractivity contribution >= 4 is 11.0 Å². The van der Waals surface area contributed by atoms with Gasteiger partial charge in [-0.15, -0.1) is 0 Å². The second-order valence-electron chi connectivity index (χ2n) is 4.92. The van der Waals surface area contributed by atoms with Gasteiger partial charge in [0.25, 0.3) is 0 Å². The van der Waals surface area contributed by atoms with Crippen LogP contribution in [0.5, 0.6) is 0 Å². The lowest BCUT2D eigenvalue weighted by Gasteiger charge is -2.17. The maximum atomic E-state index is 10.3. The molecule has 18 heavy (non-hydrogen) atoms. The standard InChI is InChI=1S/C15H20N2O/c1-3-5-11(2)10-14(18)12-6-4-7-13-15(12)17-9-8-16-13/h4,6-9,11,14,18H,3,5,10H2,1-2H3. The Labute approximate surface area is 108 Å². The van der Waals surface area contributed by atoms with E-state index in [2.05, 4.69) is 23.8 Å². The molecule has 2 atom stereocenters. The topological polar surface area (TPSA) is 46.0 Å². The first-order valence-electron chi connectivity index (χ1n) is 6.60. The SMILES string of the molecule is CCCC(C)CC(O)c1cccc2nccnc12. The fraction of sp³-hybridized carbons (Fsp3) is 0.467. The first-order valence-corrected chi connectivity index (χ1v) is 6.60. The zero-order chi connectivity index (χ0) is 13.0. The molecule has 0 amide bonds. The third-order valence-corrected chi connectivity index (χ3v) is 3.30. The van der Waals surface area contributed by atoms with Gasteiger partial charge in [0.1, 0.15) is 0 Å². The zero-order valence-corrected chi connectivity index (χ0v) is 11.0. The molecule has 2 unspecified atom stereocenters. The number of aliphatic hydroxyl groups excluding tert-OH is 1. The van der Waals surface area contributed by atoms with Crippen molar-refractivity contribution in [2.75, 3.05) is 0 Å². The van der Waals surface area contributed by atoms with E-state index in [1.54, 1.807) is 12.4 Å². The summed E-state index contributed by atoms with van der Waals surface area (Å²) < 4.78 is 0. The van der Waals surface area contributed by atoms with Crippen LogP contribution in [0.25, 0.3) is 11.0 Å². The van der Waals surface area contributed by atoms with Gasteiger partial charge >= 0.3 is 0 Å². The van der Waals surface area contributed by atoms with Crippen LogP contribution in [-0.2, 0) is 0 Å². The monoisotopic (exact) mass is 244 g/mol. The Kier molecular flexibility index (Phi) is 4.26. The first kappa shape index (κ1) is 13.0. The molecule has 0 aliphatic carbocycles. The van der Waals surface area contributed by atoms with Crippen molar-refractivity contribution in [3.8, 4) is 0 Å². The van der Waals surface area contributed by atoms with Crippen molar-refractivity contribution < 1.29 is 5.11 Å². The molecule has 0 aliphatic rings. The highest BCUT2D eigenvalue weighted by molar-refractivity contribution is 5.77. The largest absolute Gasteiger partial charge is 0.388 e. The third-order valence-electron chi connectivity index (χ3n) is 3.30. The highest BCUT2D eigenvalue weighted by atomic mass is 16.3. The molecule has 0 radical (unpaired) electrons. The van der Waals surface area contributed by atoms with E-state index in [-0.39, 0.29) is 0 Å². The van der Waals surface area contributed by atoms with Gasteiger partial charge in [0.05, 0.1) is 17.1 Å². The maximum absolute atomic E-state index is 10.3. The second kappa shape index (κ2) is 5.91. The number of aliphatic hydroxyl groups is 1. The van der Waals surface area contributed by atoms with Crippen LogP contribution in [0.1, 0.15) is 44.8 Å². The number of hydrogen-bond donors (Lipinski definition) is 1. The molecule has 3 heteroatoms. The van der Waals surface area contributed by atoms with Crippen LogP contribution < -0.4 is 0 Å². The van der Waals surface area contributed by atoms with E-state index < -0.39 is 6.10 Å². The Morgan fingerprint density at radius 3 is 2.78 bits per heavy atom. The minimum Gasteiger partial charge on any atom is -0.388 e. The quantitative estimate of drug-likeness (QED) is 0.875. The lowest BCUT2D eigenvalue weighted by atomic mass is 9.94. The Balaban J connectivity index is 2.24. The summed E-state index contributed by atoms with van der Waals surface area (Å²) in [6.07, 6.45) is 5.99. The van der Waals surface area contributed by atoms with E-state index >= 15 is 0 Å². The van der Waals surface area contributed by atoms with E-state index in [4.69, 9.17) is 0 Å². The number of rotatable bonds is 5. The fourth-order valence-corrected chi connectivity index (χ4v) is 2.40. The molecule has 1 aromatic heterocycles. The number of benzene rings is 1. The summed E-state index contributed by atoms with van der Waals surface area (Å²) in [6, 6.07) is 5.80. The van der Waals surface area contributed by atoms with E-state index in [1.807, 2.05) is 18.2 Å². The smallest absolute Gasteiger partial charge is 0.0944 e. The summed E-state index contributed by atoms with van der Waals surface area (Å²) in [4.78, 5) is 8.60. The lowest BCUT2D eigenvalue weighted by Crippen LogP contribution is -2.05. The van der Waals surface area contributed by atoms with Crippen LogP contribution in [-0.4, -0.2) is 15.1 Å². The van der Waals surface area contributed by atoms with Crippen LogP contribution in [0, 0.1) is 5.92 Å². The molecular weight excluding hydrogens is 224 g/mol. The van der Waals surface area contributed by atoms with Crippen LogP contribution in [0.4, 0.5) is 0 Å². The maximum Gasteiger partial charge on any atom is 0.0944 e. The van der Waals surface area contributed by atoms with Crippen molar-refractivity contribution in [3.05, 3.63) is 36.2 Å². The highest BCUT2D eigenvalue weighted by Gasteiger charge is 2.15. The van der Waals surface area contributed by atoms with E-state index in [0.29, 0.717) is 5.92 Å². The first-order chi connectivity index (χ1) is 8.72. The van der Waals surface area contributed by atoms with Gasteiger partial charge in [0.15, 0.2) is 0 Å². The second-order valence-corrected chi connectivity index (χ2v) is 4.92. The van der Waals surface area contributed by atoms with Crippen molar-refractivity contribution in [1.29, 1.82) is 0 Å². The molecule has 2 rings (SSSR count). The number of hydrogen-bond acceptors (Lipinski definition) is 3. The molecule has 3 nitrogen and oxygen atoms in total. The van der Waals surface area contributed by atoms with Gasteiger partial charge in [0, 0.05) is 18.0 Å². The summed E-state index contributed by atoms with van der Waals surface area (Å²) in [5, 5.41) is 10.3. The van der Waals surface area contributed by atoms with Gasteiger partial charge < -0.3 is 5.11 Å². The minimum atomic E-state index is -0.452. The van der Waals surface area contributed by atoms with E-state index in [9.17, 15) is 5.11 Å².